The molecule has 0 unspecified atom stereocenters. The molecule has 10 heteroatoms. The van der Waals surface area contributed by atoms with Crippen LogP contribution in [-0.2, 0) is 42.9 Å². The summed E-state index contributed by atoms with van der Waals surface area (Å²) in [7, 11) is 0. The number of hydrogen-bond donors (Lipinski definition) is 1. The molecule has 1 N–H and O–H groups in total. The van der Waals surface area contributed by atoms with Crippen molar-refractivity contribution in [1.29, 1.82) is 0 Å². The lowest BCUT2D eigenvalue weighted by Crippen LogP contribution is -2.66. The van der Waals surface area contributed by atoms with Crippen LogP contribution in [0.5, 0.6) is 0 Å². The number of rotatable bonds is 13. The van der Waals surface area contributed by atoms with Crippen LogP contribution in [0.2, 0.25) is 0 Å². The molecule has 1 fully saturated rings. The van der Waals surface area contributed by atoms with Crippen LogP contribution in [0, 0.1) is 0 Å². The number of esters is 3. The van der Waals surface area contributed by atoms with E-state index in [1.54, 1.807) is 0 Å². The van der Waals surface area contributed by atoms with E-state index in [9.17, 15) is 19.2 Å². The maximum Gasteiger partial charge on any atom is 0.303 e. The molecule has 0 aromatic rings. The molecule has 1 aliphatic rings. The highest BCUT2D eigenvalue weighted by Crippen LogP contribution is 2.28. The summed E-state index contributed by atoms with van der Waals surface area (Å²) in [6, 6.07) is -0.922. The first-order chi connectivity index (χ1) is 15.1. The molecule has 1 heterocycles. The predicted molar refractivity (Wildman–Crippen MR) is 113 cm³/mol. The molecule has 0 aromatic carbocycles. The van der Waals surface area contributed by atoms with E-state index in [1.807, 2.05) is 0 Å². The van der Waals surface area contributed by atoms with Gasteiger partial charge in [-0.3, -0.25) is 19.2 Å². The summed E-state index contributed by atoms with van der Waals surface area (Å²) >= 11 is 0. The third kappa shape index (κ3) is 10.4. The van der Waals surface area contributed by atoms with Gasteiger partial charge >= 0.3 is 17.9 Å². The van der Waals surface area contributed by atoms with E-state index >= 15 is 0 Å². The van der Waals surface area contributed by atoms with Crippen LogP contribution in [0.4, 0.5) is 0 Å². The van der Waals surface area contributed by atoms with Crippen molar-refractivity contribution in [3.8, 4) is 0 Å². The van der Waals surface area contributed by atoms with E-state index in [0.717, 1.165) is 32.1 Å². The van der Waals surface area contributed by atoms with Crippen LogP contribution in [-0.4, -0.2) is 67.7 Å². The standard InChI is InChI=1S/C22H37NO9/c1-6-7-8-9-10-11-12-28-22-19(23-14(2)24)21(31-17(5)27)20(30-16(4)26)18(32-22)13-29-15(3)25/h18-22H,6-13H2,1-5H3,(H,23,24)/t18-,19+,20+,21-,22-/m0/s1. The fourth-order valence-corrected chi connectivity index (χ4v) is 3.52. The lowest BCUT2D eigenvalue weighted by Gasteiger charge is -2.44. The Labute approximate surface area is 189 Å². The number of ether oxygens (including phenoxy) is 5. The Bertz CT molecular complexity index is 625. The molecule has 5 atom stereocenters. The van der Waals surface area contributed by atoms with Crippen LogP contribution in [0.3, 0.4) is 0 Å². The zero-order valence-electron chi connectivity index (χ0n) is 19.7. The van der Waals surface area contributed by atoms with Gasteiger partial charge in [-0.1, -0.05) is 39.0 Å². The fraction of sp³-hybridized carbons (Fsp3) is 0.818. The Kier molecular flexibility index (Phi) is 12.9. The van der Waals surface area contributed by atoms with Gasteiger partial charge in [-0.25, -0.2) is 0 Å². The highest BCUT2D eigenvalue weighted by molar-refractivity contribution is 5.73. The zero-order valence-corrected chi connectivity index (χ0v) is 19.7. The lowest BCUT2D eigenvalue weighted by atomic mass is 9.96. The molecule has 10 nitrogen and oxygen atoms in total. The summed E-state index contributed by atoms with van der Waals surface area (Å²) in [5.74, 6) is -2.22. The van der Waals surface area contributed by atoms with Gasteiger partial charge in [0.15, 0.2) is 18.5 Å². The van der Waals surface area contributed by atoms with Gasteiger partial charge in [0.25, 0.3) is 0 Å². The first kappa shape index (κ1) is 27.8. The van der Waals surface area contributed by atoms with Gasteiger partial charge in [-0.2, -0.15) is 0 Å². The minimum absolute atomic E-state index is 0.241. The maximum absolute atomic E-state index is 11.9. The zero-order chi connectivity index (χ0) is 24.1. The number of carbonyl (C=O) groups is 4. The van der Waals surface area contributed by atoms with Gasteiger partial charge in [0.1, 0.15) is 18.8 Å². The number of nitrogens with one attached hydrogen (secondary N) is 1. The van der Waals surface area contributed by atoms with Gasteiger partial charge < -0.3 is 29.0 Å². The Morgan fingerprint density at radius 2 is 1.41 bits per heavy atom. The van der Waals surface area contributed by atoms with Crippen molar-refractivity contribution in [3.63, 3.8) is 0 Å². The molecule has 0 radical (unpaired) electrons. The van der Waals surface area contributed by atoms with Gasteiger partial charge in [0, 0.05) is 34.3 Å². The van der Waals surface area contributed by atoms with E-state index < -0.39 is 54.5 Å². The summed E-state index contributed by atoms with van der Waals surface area (Å²) in [4.78, 5) is 46.7. The molecule has 1 amide bonds. The lowest BCUT2D eigenvalue weighted by molar-refractivity contribution is -0.277. The van der Waals surface area contributed by atoms with Crippen molar-refractivity contribution in [3.05, 3.63) is 0 Å². The normalized spacial score (nSPS) is 25.0. The number of unbranched alkanes of at least 4 members (excludes halogenated alkanes) is 5. The van der Waals surface area contributed by atoms with Crippen molar-refractivity contribution in [2.75, 3.05) is 13.2 Å². The van der Waals surface area contributed by atoms with Gasteiger partial charge in [-0.05, 0) is 6.42 Å². The second-order valence-corrected chi connectivity index (χ2v) is 7.86. The Balaban J connectivity index is 3.01. The van der Waals surface area contributed by atoms with Crippen LogP contribution in [0.1, 0.15) is 73.1 Å². The molecular formula is C22H37NO9. The minimum Gasteiger partial charge on any atom is -0.463 e. The molecule has 1 aliphatic heterocycles. The molecule has 1 rings (SSSR count). The molecule has 0 aromatic heterocycles. The van der Waals surface area contributed by atoms with Crippen LogP contribution in [0.15, 0.2) is 0 Å². The Morgan fingerprint density at radius 3 is 1.97 bits per heavy atom. The third-order valence-corrected chi connectivity index (χ3v) is 4.85. The highest BCUT2D eigenvalue weighted by atomic mass is 16.7. The molecule has 1 saturated heterocycles. The van der Waals surface area contributed by atoms with E-state index in [4.69, 9.17) is 23.7 Å². The highest BCUT2D eigenvalue weighted by Gasteiger charge is 2.51. The molecule has 0 bridgehead atoms. The first-order valence-corrected chi connectivity index (χ1v) is 11.2. The van der Waals surface area contributed by atoms with E-state index in [0.29, 0.717) is 6.61 Å². The average molecular weight is 460 g/mol. The molecule has 184 valence electrons. The molecular weight excluding hydrogens is 422 g/mol. The fourth-order valence-electron chi connectivity index (χ4n) is 3.52. The predicted octanol–water partition coefficient (Wildman–Crippen LogP) is 2.02. The number of hydrogen-bond acceptors (Lipinski definition) is 9. The largest absolute Gasteiger partial charge is 0.463 e. The second kappa shape index (κ2) is 14.8. The monoisotopic (exact) mass is 459 g/mol. The Morgan fingerprint density at radius 1 is 0.812 bits per heavy atom. The van der Waals surface area contributed by atoms with E-state index in [1.165, 1.54) is 34.1 Å². The number of carbonyl (C=O) groups excluding carboxylic acids is 4. The molecule has 0 aliphatic carbocycles. The van der Waals surface area contributed by atoms with Crippen molar-refractivity contribution < 1.29 is 42.9 Å². The van der Waals surface area contributed by atoms with E-state index in [-0.39, 0.29) is 6.61 Å². The maximum atomic E-state index is 11.9. The summed E-state index contributed by atoms with van der Waals surface area (Å²) in [5.41, 5.74) is 0. The summed E-state index contributed by atoms with van der Waals surface area (Å²) in [5, 5.41) is 2.68. The molecule has 0 spiro atoms. The SMILES string of the molecule is CCCCCCCCO[C@H]1O[C@@H](COC(C)=O)[C@@H](OC(C)=O)[C@@H](OC(C)=O)[C@H]1NC(C)=O. The summed E-state index contributed by atoms with van der Waals surface area (Å²) in [6.07, 6.45) is 2.23. The summed E-state index contributed by atoms with van der Waals surface area (Å²) in [6.45, 7) is 7.22. The average Bonchev–Trinajstić information content (AvgIpc) is 2.68. The first-order valence-electron chi connectivity index (χ1n) is 11.2. The quantitative estimate of drug-likeness (QED) is 0.250. The van der Waals surface area contributed by atoms with Crippen molar-refractivity contribution in [2.24, 2.45) is 0 Å². The topological polar surface area (TPSA) is 126 Å². The van der Waals surface area contributed by atoms with E-state index in [2.05, 4.69) is 12.2 Å². The van der Waals surface area contributed by atoms with Crippen LogP contribution >= 0.6 is 0 Å². The molecule has 32 heavy (non-hydrogen) atoms. The van der Waals surface area contributed by atoms with Crippen LogP contribution < -0.4 is 5.32 Å². The minimum atomic E-state index is -1.11. The van der Waals surface area contributed by atoms with Crippen molar-refractivity contribution >= 4 is 23.8 Å². The van der Waals surface area contributed by atoms with Gasteiger partial charge in [0.2, 0.25) is 5.91 Å². The van der Waals surface area contributed by atoms with Crippen molar-refractivity contribution in [1.82, 2.24) is 5.32 Å². The van der Waals surface area contributed by atoms with Gasteiger partial charge in [-0.15, -0.1) is 0 Å². The Hall–Kier alpha value is -2.20. The smallest absolute Gasteiger partial charge is 0.303 e. The van der Waals surface area contributed by atoms with Crippen LogP contribution in [0.25, 0.3) is 0 Å². The number of amides is 1. The third-order valence-electron chi connectivity index (χ3n) is 4.85. The van der Waals surface area contributed by atoms with Gasteiger partial charge in [0.05, 0.1) is 0 Å². The second-order valence-electron chi connectivity index (χ2n) is 7.86. The van der Waals surface area contributed by atoms with Crippen molar-refractivity contribution in [2.45, 2.75) is 104 Å². The molecule has 0 saturated carbocycles. The summed E-state index contributed by atoms with van der Waals surface area (Å²) < 4.78 is 27.7.